The number of hydrogen-bond donors (Lipinski definition) is 3. The Balaban J connectivity index is -0.000000500. The second-order valence-corrected chi connectivity index (χ2v) is 3.98. The first-order valence-electron chi connectivity index (χ1n) is 3.36. The van der Waals surface area contributed by atoms with E-state index in [1.54, 1.807) is 0 Å². The van der Waals surface area contributed by atoms with Gasteiger partial charge in [0.1, 0.15) is 0 Å². The molecule has 0 bridgehead atoms. The second-order valence-electron chi connectivity index (χ2n) is 2.41. The summed E-state index contributed by atoms with van der Waals surface area (Å²) in [6, 6.07) is -0.234. The summed E-state index contributed by atoms with van der Waals surface area (Å²) in [7, 11) is -3.86. The third kappa shape index (κ3) is 10.8. The van der Waals surface area contributed by atoms with E-state index in [4.69, 9.17) is 16.0 Å². The molecule has 0 radical (unpaired) electrons. The molecule has 5 nitrogen and oxygen atoms in total. The van der Waals surface area contributed by atoms with E-state index >= 15 is 0 Å². The molecule has 0 rings (SSSR count). The maximum atomic E-state index is 10.2. The van der Waals surface area contributed by atoms with Crippen LogP contribution in [-0.4, -0.2) is 31.3 Å². The van der Waals surface area contributed by atoms with Crippen LogP contribution in [0.5, 0.6) is 0 Å². The van der Waals surface area contributed by atoms with Crippen molar-refractivity contribution in [3.8, 4) is 0 Å². The summed E-state index contributed by atoms with van der Waals surface area (Å²) in [6.07, 6.45) is 0.839. The van der Waals surface area contributed by atoms with Gasteiger partial charge in [-0.05, 0) is 19.4 Å². The molecule has 0 fully saturated rings. The Morgan fingerprint density at radius 3 is 2.25 bits per heavy atom. The molecule has 7 heteroatoms. The van der Waals surface area contributed by atoms with Gasteiger partial charge in [0.2, 0.25) is 0 Å². The molecule has 1 atom stereocenters. The Kier molecular flexibility index (Phi) is 9.25. The first kappa shape index (κ1) is 15.3. The minimum absolute atomic E-state index is 0. The fourth-order valence-corrected chi connectivity index (χ4v) is 1.26. The van der Waals surface area contributed by atoms with Crippen molar-refractivity contribution < 1.29 is 44.0 Å². The molecule has 1 unspecified atom stereocenters. The van der Waals surface area contributed by atoms with Gasteiger partial charge in [0.25, 0.3) is 10.1 Å². The molecule has 70 valence electrons. The van der Waals surface area contributed by atoms with Crippen molar-refractivity contribution in [3.63, 3.8) is 0 Å². The standard InChI is InChI=1S/C5H14N2O3S.Na.H/c6-3-1-5(7)2-4-11(8,9)10;;/h5H,1-4,6-7H2,(H,8,9,10);;/q;+1;-1. The van der Waals surface area contributed by atoms with E-state index in [9.17, 15) is 8.42 Å². The van der Waals surface area contributed by atoms with E-state index in [1.165, 1.54) is 0 Å². The Hall–Kier alpha value is 0.830. The number of rotatable bonds is 5. The molecule has 0 aromatic carbocycles. The van der Waals surface area contributed by atoms with Crippen LogP contribution in [0.4, 0.5) is 0 Å². The minimum atomic E-state index is -3.86. The zero-order valence-electron chi connectivity index (χ0n) is 8.23. The van der Waals surface area contributed by atoms with Crippen LogP contribution in [0.2, 0.25) is 0 Å². The van der Waals surface area contributed by atoms with Crippen LogP contribution in [0.25, 0.3) is 0 Å². The van der Waals surface area contributed by atoms with Gasteiger partial charge in [-0.2, -0.15) is 8.42 Å². The van der Waals surface area contributed by atoms with Crippen LogP contribution in [0, 0.1) is 0 Å². The summed E-state index contributed by atoms with van der Waals surface area (Å²) in [5, 5.41) is 0. The third-order valence-electron chi connectivity index (χ3n) is 1.28. The van der Waals surface area contributed by atoms with Gasteiger partial charge in [0.05, 0.1) is 5.75 Å². The molecule has 0 aliphatic carbocycles. The molecule has 0 aromatic heterocycles. The fraction of sp³-hybridized carbons (Fsp3) is 1.00. The first-order valence-corrected chi connectivity index (χ1v) is 4.97. The largest absolute Gasteiger partial charge is 1.00 e. The van der Waals surface area contributed by atoms with E-state index in [1.807, 2.05) is 0 Å². The van der Waals surface area contributed by atoms with Crippen molar-refractivity contribution in [3.05, 3.63) is 0 Å². The smallest absolute Gasteiger partial charge is 1.00 e. The monoisotopic (exact) mass is 206 g/mol. The molecule has 0 heterocycles. The molecule has 5 N–H and O–H groups in total. The normalized spacial score (nSPS) is 13.6. The molecular formula is C5H15N2NaO3S. The molecule has 0 saturated heterocycles. The average molecular weight is 206 g/mol. The Labute approximate surface area is 96.4 Å². The maximum Gasteiger partial charge on any atom is 1.00 e. The van der Waals surface area contributed by atoms with Gasteiger partial charge in [-0.3, -0.25) is 4.55 Å². The Morgan fingerprint density at radius 2 is 1.92 bits per heavy atom. The van der Waals surface area contributed by atoms with E-state index < -0.39 is 10.1 Å². The minimum Gasteiger partial charge on any atom is -1.00 e. The van der Waals surface area contributed by atoms with Crippen LogP contribution in [-0.2, 0) is 10.1 Å². The summed E-state index contributed by atoms with van der Waals surface area (Å²) in [5.41, 5.74) is 10.6. The van der Waals surface area contributed by atoms with Crippen LogP contribution in [0.3, 0.4) is 0 Å². The number of hydrogen-bond acceptors (Lipinski definition) is 4. The summed E-state index contributed by atoms with van der Waals surface area (Å²) in [5.74, 6) is -0.284. The van der Waals surface area contributed by atoms with Crippen molar-refractivity contribution in [2.45, 2.75) is 18.9 Å². The quantitative estimate of drug-likeness (QED) is 0.314. The second kappa shape index (κ2) is 7.25. The molecule has 12 heavy (non-hydrogen) atoms. The molecule has 0 aliphatic heterocycles. The van der Waals surface area contributed by atoms with Crippen molar-refractivity contribution in [1.29, 1.82) is 0 Å². The van der Waals surface area contributed by atoms with Crippen LogP contribution >= 0.6 is 0 Å². The maximum absolute atomic E-state index is 10.2. The van der Waals surface area contributed by atoms with Crippen molar-refractivity contribution in [1.82, 2.24) is 0 Å². The van der Waals surface area contributed by atoms with Crippen LogP contribution in [0.1, 0.15) is 14.3 Å². The van der Waals surface area contributed by atoms with Gasteiger partial charge in [-0.25, -0.2) is 0 Å². The molecular weight excluding hydrogens is 191 g/mol. The summed E-state index contributed by atoms with van der Waals surface area (Å²) in [6.45, 7) is 0.437. The average Bonchev–Trinajstić information content (AvgIpc) is 1.83. The Morgan fingerprint density at radius 1 is 1.42 bits per heavy atom. The molecule has 0 aromatic rings. The van der Waals surface area contributed by atoms with E-state index in [2.05, 4.69) is 0 Å². The predicted molar refractivity (Wildman–Crippen MR) is 43.8 cm³/mol. The summed E-state index contributed by atoms with van der Waals surface area (Å²) < 4.78 is 28.7. The van der Waals surface area contributed by atoms with E-state index in [0.29, 0.717) is 13.0 Å². The Bertz CT molecular complexity index is 200. The van der Waals surface area contributed by atoms with E-state index in [0.717, 1.165) is 0 Å². The van der Waals surface area contributed by atoms with Gasteiger partial charge in [0, 0.05) is 6.04 Å². The predicted octanol–water partition coefficient (Wildman–Crippen LogP) is -3.94. The first-order chi connectivity index (χ1) is 4.95. The zero-order chi connectivity index (χ0) is 8.91. The zero-order valence-corrected chi connectivity index (χ0v) is 10.0. The third-order valence-corrected chi connectivity index (χ3v) is 2.04. The number of nitrogens with two attached hydrogens (primary N) is 2. The summed E-state index contributed by atoms with van der Waals surface area (Å²) >= 11 is 0. The van der Waals surface area contributed by atoms with Crippen molar-refractivity contribution >= 4 is 10.1 Å². The fourth-order valence-electron chi connectivity index (χ4n) is 0.659. The molecule has 0 amide bonds. The van der Waals surface area contributed by atoms with Gasteiger partial charge in [-0.1, -0.05) is 0 Å². The van der Waals surface area contributed by atoms with Gasteiger partial charge < -0.3 is 12.9 Å². The SMILES string of the molecule is NCCC(N)CCS(=O)(=O)O.[H-].[Na+]. The van der Waals surface area contributed by atoms with Crippen molar-refractivity contribution in [2.75, 3.05) is 12.3 Å². The molecule has 0 spiro atoms. The van der Waals surface area contributed by atoms with Crippen molar-refractivity contribution in [2.24, 2.45) is 11.5 Å². The molecule has 0 aliphatic rings. The van der Waals surface area contributed by atoms with Gasteiger partial charge >= 0.3 is 29.6 Å². The summed E-state index contributed by atoms with van der Waals surface area (Å²) in [4.78, 5) is 0. The van der Waals surface area contributed by atoms with Gasteiger partial charge in [0.15, 0.2) is 0 Å². The van der Waals surface area contributed by atoms with E-state index in [-0.39, 0.29) is 49.2 Å². The van der Waals surface area contributed by atoms with Gasteiger partial charge in [-0.15, -0.1) is 0 Å². The van der Waals surface area contributed by atoms with Crippen LogP contribution < -0.4 is 41.0 Å². The van der Waals surface area contributed by atoms with Crippen LogP contribution in [0.15, 0.2) is 0 Å². The topological polar surface area (TPSA) is 106 Å². The molecule has 0 saturated carbocycles.